The molecule has 0 saturated heterocycles. The van der Waals surface area contributed by atoms with Crippen molar-refractivity contribution in [2.24, 2.45) is 10.9 Å². The number of aromatic nitrogens is 1. The second-order valence-electron chi connectivity index (χ2n) is 6.05. The fraction of sp³-hybridized carbons (Fsp3) is 0.647. The highest BCUT2D eigenvalue weighted by Gasteiger charge is 2.28. The topological polar surface area (TPSA) is 67.8 Å². The van der Waals surface area contributed by atoms with E-state index in [2.05, 4.69) is 39.2 Å². The quantitative estimate of drug-likeness (QED) is 0.222. The molecule has 1 rings (SSSR count). The lowest BCUT2D eigenvalue weighted by atomic mass is 10.1. The SMILES string of the molecule is CN=C(NCCOCCC(C)C)NCc1ccnc(OCC(F)(F)F)c1.I. The number of alkyl halides is 3. The van der Waals surface area contributed by atoms with Gasteiger partial charge in [-0.15, -0.1) is 24.0 Å². The molecule has 2 N–H and O–H groups in total. The second kappa shape index (κ2) is 13.8. The van der Waals surface area contributed by atoms with E-state index in [1.807, 2.05) is 0 Å². The molecule has 0 amide bonds. The Morgan fingerprint density at radius 1 is 1.26 bits per heavy atom. The van der Waals surface area contributed by atoms with E-state index in [1.54, 1.807) is 13.1 Å². The molecule has 1 heterocycles. The van der Waals surface area contributed by atoms with E-state index in [0.29, 0.717) is 31.6 Å². The van der Waals surface area contributed by atoms with Crippen LogP contribution < -0.4 is 15.4 Å². The average Bonchev–Trinajstić information content (AvgIpc) is 2.58. The summed E-state index contributed by atoms with van der Waals surface area (Å²) in [4.78, 5) is 7.85. The van der Waals surface area contributed by atoms with Crippen molar-refractivity contribution in [2.45, 2.75) is 33.0 Å². The molecule has 6 nitrogen and oxygen atoms in total. The number of nitrogens with zero attached hydrogens (tertiary/aromatic N) is 2. The molecule has 10 heteroatoms. The van der Waals surface area contributed by atoms with Gasteiger partial charge in [0.05, 0.1) is 6.61 Å². The van der Waals surface area contributed by atoms with Gasteiger partial charge in [-0.1, -0.05) is 13.8 Å². The summed E-state index contributed by atoms with van der Waals surface area (Å²) in [6.45, 7) is 5.20. The number of aliphatic imine (C=N–C) groups is 1. The van der Waals surface area contributed by atoms with Crippen LogP contribution in [0.5, 0.6) is 5.88 Å². The summed E-state index contributed by atoms with van der Waals surface area (Å²) in [6.07, 6.45) is -1.96. The van der Waals surface area contributed by atoms with Crippen LogP contribution in [0, 0.1) is 5.92 Å². The van der Waals surface area contributed by atoms with Gasteiger partial charge in [0.25, 0.3) is 0 Å². The van der Waals surface area contributed by atoms with Crippen molar-refractivity contribution in [3.05, 3.63) is 23.9 Å². The van der Waals surface area contributed by atoms with Crippen LogP contribution in [0.15, 0.2) is 23.3 Å². The third-order valence-corrected chi connectivity index (χ3v) is 3.24. The van der Waals surface area contributed by atoms with Crippen LogP contribution >= 0.6 is 24.0 Å². The number of pyridine rings is 1. The summed E-state index contributed by atoms with van der Waals surface area (Å²) >= 11 is 0. The van der Waals surface area contributed by atoms with Gasteiger partial charge in [0.1, 0.15) is 0 Å². The molecular formula is C17H28F3IN4O2. The van der Waals surface area contributed by atoms with Gasteiger partial charge in [-0.3, -0.25) is 4.99 Å². The molecule has 0 unspecified atom stereocenters. The number of guanidine groups is 1. The lowest BCUT2D eigenvalue weighted by Crippen LogP contribution is -2.38. The largest absolute Gasteiger partial charge is 0.468 e. The van der Waals surface area contributed by atoms with Gasteiger partial charge in [0.15, 0.2) is 12.6 Å². The molecule has 0 aliphatic rings. The Labute approximate surface area is 175 Å². The smallest absolute Gasteiger partial charge is 0.422 e. The van der Waals surface area contributed by atoms with Gasteiger partial charge in [0, 0.05) is 39.0 Å². The molecule has 27 heavy (non-hydrogen) atoms. The van der Waals surface area contributed by atoms with Gasteiger partial charge in [-0.05, 0) is 24.0 Å². The normalized spacial score (nSPS) is 11.9. The molecule has 0 fully saturated rings. The molecule has 1 aromatic rings. The Hall–Kier alpha value is -1.30. The summed E-state index contributed by atoms with van der Waals surface area (Å²) in [5.74, 6) is 1.12. The first kappa shape index (κ1) is 25.7. The van der Waals surface area contributed by atoms with Gasteiger partial charge >= 0.3 is 6.18 Å². The summed E-state index contributed by atoms with van der Waals surface area (Å²) in [6, 6.07) is 3.15. The highest BCUT2D eigenvalue weighted by molar-refractivity contribution is 14.0. The van der Waals surface area contributed by atoms with E-state index in [0.717, 1.165) is 18.6 Å². The first-order chi connectivity index (χ1) is 12.3. The Balaban J connectivity index is 0.00000676. The fourth-order valence-electron chi connectivity index (χ4n) is 1.86. The Kier molecular flexibility index (Phi) is 13.1. The number of rotatable bonds is 10. The molecule has 0 aromatic carbocycles. The monoisotopic (exact) mass is 504 g/mol. The van der Waals surface area contributed by atoms with E-state index in [4.69, 9.17) is 4.74 Å². The molecule has 0 atom stereocenters. The number of ether oxygens (including phenoxy) is 2. The van der Waals surface area contributed by atoms with Gasteiger partial charge in [0.2, 0.25) is 5.88 Å². The van der Waals surface area contributed by atoms with Crippen molar-refractivity contribution in [3.8, 4) is 5.88 Å². The van der Waals surface area contributed by atoms with Crippen LogP contribution in [0.2, 0.25) is 0 Å². The predicted molar refractivity (Wildman–Crippen MR) is 110 cm³/mol. The molecule has 0 bridgehead atoms. The second-order valence-corrected chi connectivity index (χ2v) is 6.05. The lowest BCUT2D eigenvalue weighted by Gasteiger charge is -2.13. The Bertz CT molecular complexity index is 557. The van der Waals surface area contributed by atoms with Crippen LogP contribution in [-0.2, 0) is 11.3 Å². The van der Waals surface area contributed by atoms with Crippen LogP contribution in [0.1, 0.15) is 25.8 Å². The number of hydrogen-bond donors (Lipinski definition) is 2. The van der Waals surface area contributed by atoms with E-state index in [9.17, 15) is 13.2 Å². The molecule has 1 aromatic heterocycles. The Morgan fingerprint density at radius 3 is 2.63 bits per heavy atom. The Morgan fingerprint density at radius 2 is 2.00 bits per heavy atom. The van der Waals surface area contributed by atoms with Crippen LogP contribution in [0.25, 0.3) is 0 Å². The standard InChI is InChI=1S/C17H27F3N4O2.HI/c1-13(2)5-8-25-9-7-23-16(21-3)24-11-14-4-6-22-15(10-14)26-12-17(18,19)20;/h4,6,10,13H,5,7-9,11-12H2,1-3H3,(H2,21,23,24);1H. The number of halogens is 4. The van der Waals surface area contributed by atoms with Crippen molar-refractivity contribution < 1.29 is 22.6 Å². The molecule has 0 saturated carbocycles. The first-order valence-corrected chi connectivity index (χ1v) is 8.47. The van der Waals surface area contributed by atoms with E-state index in [1.165, 1.54) is 12.3 Å². The summed E-state index contributed by atoms with van der Waals surface area (Å²) in [7, 11) is 1.64. The zero-order valence-electron chi connectivity index (χ0n) is 15.8. The van der Waals surface area contributed by atoms with Crippen LogP contribution in [0.3, 0.4) is 0 Å². The molecule has 0 aliphatic carbocycles. The number of hydrogen-bond acceptors (Lipinski definition) is 4. The third-order valence-electron chi connectivity index (χ3n) is 3.24. The average molecular weight is 504 g/mol. The highest BCUT2D eigenvalue weighted by Crippen LogP contribution is 2.17. The van der Waals surface area contributed by atoms with Gasteiger partial charge in [-0.25, -0.2) is 4.98 Å². The first-order valence-electron chi connectivity index (χ1n) is 8.47. The van der Waals surface area contributed by atoms with Crippen molar-refractivity contribution in [1.29, 1.82) is 0 Å². The molecular weight excluding hydrogens is 476 g/mol. The fourth-order valence-corrected chi connectivity index (χ4v) is 1.86. The van der Waals surface area contributed by atoms with Crippen molar-refractivity contribution in [3.63, 3.8) is 0 Å². The maximum absolute atomic E-state index is 12.2. The van der Waals surface area contributed by atoms with Gasteiger partial charge in [-0.2, -0.15) is 13.2 Å². The van der Waals surface area contributed by atoms with E-state index in [-0.39, 0.29) is 29.9 Å². The summed E-state index contributed by atoms with van der Waals surface area (Å²) < 4.78 is 46.7. The third kappa shape index (κ3) is 13.5. The minimum atomic E-state index is -4.39. The van der Waals surface area contributed by atoms with E-state index < -0.39 is 12.8 Å². The number of nitrogens with one attached hydrogen (secondary N) is 2. The summed E-state index contributed by atoms with van der Waals surface area (Å²) in [5.41, 5.74) is 0.730. The zero-order chi connectivity index (χ0) is 19.4. The van der Waals surface area contributed by atoms with E-state index >= 15 is 0 Å². The molecule has 0 spiro atoms. The molecule has 156 valence electrons. The van der Waals surface area contributed by atoms with Crippen molar-refractivity contribution >= 4 is 29.9 Å². The van der Waals surface area contributed by atoms with Crippen LogP contribution in [0.4, 0.5) is 13.2 Å². The molecule has 0 aliphatic heterocycles. The van der Waals surface area contributed by atoms with Crippen LogP contribution in [-0.4, -0.2) is 50.5 Å². The van der Waals surface area contributed by atoms with Crippen molar-refractivity contribution in [1.82, 2.24) is 15.6 Å². The van der Waals surface area contributed by atoms with Gasteiger partial charge < -0.3 is 20.1 Å². The maximum atomic E-state index is 12.2. The van der Waals surface area contributed by atoms with Crippen molar-refractivity contribution in [2.75, 3.05) is 33.4 Å². The molecule has 0 radical (unpaired) electrons. The summed E-state index contributed by atoms with van der Waals surface area (Å²) in [5, 5.41) is 6.18. The minimum Gasteiger partial charge on any atom is -0.468 e. The highest BCUT2D eigenvalue weighted by atomic mass is 127. The maximum Gasteiger partial charge on any atom is 0.422 e. The predicted octanol–water partition coefficient (Wildman–Crippen LogP) is 3.37. The lowest BCUT2D eigenvalue weighted by molar-refractivity contribution is -0.154. The minimum absolute atomic E-state index is 0. The zero-order valence-corrected chi connectivity index (χ0v) is 18.1.